The molecule has 2 fully saturated rings. The average Bonchev–Trinajstić information content (AvgIpc) is 3.11. The van der Waals surface area contributed by atoms with Crippen LogP contribution in [0.4, 0.5) is 10.1 Å². The molecule has 0 aromatic heterocycles. The van der Waals surface area contributed by atoms with E-state index in [9.17, 15) is 17.6 Å². The molecule has 126 valence electrons. The molecule has 2 aliphatic rings. The Morgan fingerprint density at radius 2 is 1.96 bits per heavy atom. The number of hydrogen-bond donors (Lipinski definition) is 2. The lowest BCUT2D eigenvalue weighted by atomic mass is 9.86. The first-order valence-electron chi connectivity index (χ1n) is 7.87. The van der Waals surface area contributed by atoms with Gasteiger partial charge >= 0.3 is 0 Å². The molecule has 1 aromatic rings. The van der Waals surface area contributed by atoms with Gasteiger partial charge in [-0.2, -0.15) is 0 Å². The van der Waals surface area contributed by atoms with Gasteiger partial charge in [-0.1, -0.05) is 19.3 Å². The molecule has 0 heterocycles. The standard InChI is InChI=1S/C16H21FN2O3S/c1-23(21,22)19-13-6-5-11(17)9-12(13)15(20)18-14-10-16(14)7-3-2-4-8-16/h5-6,9,14,19H,2-4,7-8,10H2,1H3,(H,18,20). The Morgan fingerprint density at radius 3 is 2.61 bits per heavy atom. The molecule has 0 bridgehead atoms. The molecule has 1 spiro atoms. The molecule has 2 N–H and O–H groups in total. The summed E-state index contributed by atoms with van der Waals surface area (Å²) in [6, 6.07) is 3.59. The number of anilines is 1. The van der Waals surface area contributed by atoms with Gasteiger partial charge in [0, 0.05) is 6.04 Å². The van der Waals surface area contributed by atoms with Gasteiger partial charge in [0.15, 0.2) is 0 Å². The fourth-order valence-electron chi connectivity index (χ4n) is 3.59. The number of nitrogens with one attached hydrogen (secondary N) is 2. The van der Waals surface area contributed by atoms with Crippen molar-refractivity contribution in [1.29, 1.82) is 0 Å². The van der Waals surface area contributed by atoms with E-state index in [-0.39, 0.29) is 22.7 Å². The van der Waals surface area contributed by atoms with E-state index < -0.39 is 21.7 Å². The normalized spacial score (nSPS) is 22.6. The third-order valence-electron chi connectivity index (χ3n) is 4.87. The molecule has 0 saturated heterocycles. The Morgan fingerprint density at radius 1 is 1.26 bits per heavy atom. The molecule has 3 rings (SSSR count). The van der Waals surface area contributed by atoms with Gasteiger partial charge in [0.25, 0.3) is 5.91 Å². The van der Waals surface area contributed by atoms with E-state index in [1.54, 1.807) is 0 Å². The SMILES string of the molecule is CS(=O)(=O)Nc1ccc(F)cc1C(=O)NC1CC12CCCCC2. The average molecular weight is 340 g/mol. The van der Waals surface area contributed by atoms with Crippen molar-refractivity contribution >= 4 is 21.6 Å². The number of hydrogen-bond acceptors (Lipinski definition) is 3. The molecule has 23 heavy (non-hydrogen) atoms. The van der Waals surface area contributed by atoms with Gasteiger partial charge in [0.2, 0.25) is 10.0 Å². The molecule has 1 amide bonds. The Bertz CT molecular complexity index is 727. The maximum Gasteiger partial charge on any atom is 0.253 e. The van der Waals surface area contributed by atoms with E-state index in [0.717, 1.165) is 37.7 Å². The summed E-state index contributed by atoms with van der Waals surface area (Å²) in [4.78, 5) is 12.5. The van der Waals surface area contributed by atoms with Crippen molar-refractivity contribution in [2.24, 2.45) is 5.41 Å². The maximum atomic E-state index is 13.5. The first-order valence-corrected chi connectivity index (χ1v) is 9.76. The van der Waals surface area contributed by atoms with Gasteiger partial charge in [-0.05, 0) is 42.9 Å². The van der Waals surface area contributed by atoms with Gasteiger partial charge in [-0.25, -0.2) is 12.8 Å². The van der Waals surface area contributed by atoms with Crippen LogP contribution in [-0.2, 0) is 10.0 Å². The van der Waals surface area contributed by atoms with E-state index in [2.05, 4.69) is 10.0 Å². The second-order valence-electron chi connectivity index (χ2n) is 6.72. The third kappa shape index (κ3) is 3.65. The predicted molar refractivity (Wildman–Crippen MR) is 86.3 cm³/mol. The van der Waals surface area contributed by atoms with Crippen molar-refractivity contribution in [3.05, 3.63) is 29.6 Å². The lowest BCUT2D eigenvalue weighted by molar-refractivity contribution is 0.0942. The van der Waals surface area contributed by atoms with E-state index in [4.69, 9.17) is 0 Å². The van der Waals surface area contributed by atoms with Gasteiger partial charge < -0.3 is 5.32 Å². The van der Waals surface area contributed by atoms with E-state index in [1.165, 1.54) is 25.3 Å². The zero-order chi connectivity index (χ0) is 16.7. The Kier molecular flexibility index (Phi) is 4.08. The second kappa shape index (κ2) is 5.78. The monoisotopic (exact) mass is 340 g/mol. The Labute approximate surface area is 135 Å². The van der Waals surface area contributed by atoms with Crippen LogP contribution < -0.4 is 10.0 Å². The molecular weight excluding hydrogens is 319 g/mol. The fourth-order valence-corrected chi connectivity index (χ4v) is 4.17. The minimum atomic E-state index is -3.54. The quantitative estimate of drug-likeness (QED) is 0.885. The van der Waals surface area contributed by atoms with E-state index in [1.807, 2.05) is 0 Å². The lowest BCUT2D eigenvalue weighted by Gasteiger charge is -2.22. The molecule has 1 aromatic carbocycles. The van der Waals surface area contributed by atoms with Gasteiger partial charge in [0.1, 0.15) is 5.82 Å². The Balaban J connectivity index is 1.76. The van der Waals surface area contributed by atoms with Crippen LogP contribution in [0.3, 0.4) is 0 Å². The summed E-state index contributed by atoms with van der Waals surface area (Å²) in [6.45, 7) is 0. The zero-order valence-electron chi connectivity index (χ0n) is 13.1. The van der Waals surface area contributed by atoms with Crippen molar-refractivity contribution in [1.82, 2.24) is 5.32 Å². The fraction of sp³-hybridized carbons (Fsp3) is 0.562. The van der Waals surface area contributed by atoms with Crippen molar-refractivity contribution in [2.75, 3.05) is 11.0 Å². The van der Waals surface area contributed by atoms with Gasteiger partial charge in [0.05, 0.1) is 17.5 Å². The van der Waals surface area contributed by atoms with Crippen LogP contribution in [0, 0.1) is 11.2 Å². The topological polar surface area (TPSA) is 75.3 Å². The third-order valence-corrected chi connectivity index (χ3v) is 5.46. The summed E-state index contributed by atoms with van der Waals surface area (Å²) in [5, 5.41) is 2.94. The van der Waals surface area contributed by atoms with E-state index >= 15 is 0 Å². The second-order valence-corrected chi connectivity index (χ2v) is 8.47. The highest BCUT2D eigenvalue weighted by Gasteiger charge is 2.54. The molecule has 2 aliphatic carbocycles. The largest absolute Gasteiger partial charge is 0.349 e. The van der Waals surface area contributed by atoms with Crippen LogP contribution >= 0.6 is 0 Å². The maximum absolute atomic E-state index is 13.5. The van der Waals surface area contributed by atoms with Crippen LogP contribution in [0.5, 0.6) is 0 Å². The van der Waals surface area contributed by atoms with Crippen molar-refractivity contribution in [2.45, 2.75) is 44.6 Å². The highest BCUT2D eigenvalue weighted by atomic mass is 32.2. The number of carbonyl (C=O) groups is 1. The molecule has 2 saturated carbocycles. The van der Waals surface area contributed by atoms with Crippen LogP contribution in [0.2, 0.25) is 0 Å². The minimum Gasteiger partial charge on any atom is -0.349 e. The minimum absolute atomic E-state index is 0.0216. The number of sulfonamides is 1. The highest BCUT2D eigenvalue weighted by molar-refractivity contribution is 7.92. The summed E-state index contributed by atoms with van der Waals surface area (Å²) in [5.41, 5.74) is 0.337. The van der Waals surface area contributed by atoms with Gasteiger partial charge in [-0.15, -0.1) is 0 Å². The van der Waals surface area contributed by atoms with E-state index in [0.29, 0.717) is 0 Å². The lowest BCUT2D eigenvalue weighted by Crippen LogP contribution is -2.31. The molecular formula is C16H21FN2O3S. The van der Waals surface area contributed by atoms with Crippen LogP contribution in [0.1, 0.15) is 48.9 Å². The van der Waals surface area contributed by atoms with Crippen molar-refractivity contribution in [3.63, 3.8) is 0 Å². The number of amides is 1. The summed E-state index contributed by atoms with van der Waals surface area (Å²) in [6.07, 6.45) is 7.82. The first-order chi connectivity index (χ1) is 10.8. The zero-order valence-corrected chi connectivity index (χ0v) is 13.9. The number of carbonyl (C=O) groups excluding carboxylic acids is 1. The van der Waals surface area contributed by atoms with Crippen LogP contribution in [0.25, 0.3) is 0 Å². The van der Waals surface area contributed by atoms with Crippen LogP contribution in [-0.4, -0.2) is 26.6 Å². The summed E-state index contributed by atoms with van der Waals surface area (Å²) >= 11 is 0. The van der Waals surface area contributed by atoms with Gasteiger partial charge in [-0.3, -0.25) is 9.52 Å². The number of rotatable bonds is 4. The number of halogens is 1. The molecule has 5 nitrogen and oxygen atoms in total. The molecule has 7 heteroatoms. The van der Waals surface area contributed by atoms with Crippen molar-refractivity contribution < 1.29 is 17.6 Å². The smallest absolute Gasteiger partial charge is 0.253 e. The van der Waals surface area contributed by atoms with Crippen molar-refractivity contribution in [3.8, 4) is 0 Å². The summed E-state index contributed by atoms with van der Waals surface area (Å²) in [5.74, 6) is -1.000. The summed E-state index contributed by atoms with van der Waals surface area (Å²) < 4.78 is 38.6. The Hall–Kier alpha value is -1.63. The highest BCUT2D eigenvalue weighted by Crippen LogP contribution is 2.56. The van der Waals surface area contributed by atoms with Crippen LogP contribution in [0.15, 0.2) is 18.2 Å². The molecule has 1 atom stereocenters. The summed E-state index contributed by atoms with van der Waals surface area (Å²) in [7, 11) is -3.54. The predicted octanol–water partition coefficient (Wildman–Crippen LogP) is 2.65. The molecule has 0 aliphatic heterocycles. The molecule has 0 radical (unpaired) electrons. The number of benzene rings is 1. The first kappa shape index (κ1) is 16.2. The molecule has 1 unspecified atom stereocenters.